The molecule has 0 atom stereocenters. The third-order valence-corrected chi connectivity index (χ3v) is 2.28. The van der Waals surface area contributed by atoms with Gasteiger partial charge in [0.1, 0.15) is 5.69 Å². The van der Waals surface area contributed by atoms with Gasteiger partial charge >= 0.3 is 0 Å². The quantitative estimate of drug-likeness (QED) is 0.773. The number of carbonyl (C=O) groups excluding carboxylic acids is 1. The minimum Gasteiger partial charge on any atom is -0.340 e. The fraction of sp³-hybridized carbons (Fsp3) is 0.556. The highest BCUT2D eigenvalue weighted by molar-refractivity contribution is 9.09. The summed E-state index contributed by atoms with van der Waals surface area (Å²) >= 11 is 3.12. The summed E-state index contributed by atoms with van der Waals surface area (Å²) in [7, 11) is 1.71. The lowest BCUT2D eigenvalue weighted by molar-refractivity contribution is 0.0568. The molecular formula is C9H12BrF2N3O. The van der Waals surface area contributed by atoms with Crippen molar-refractivity contribution < 1.29 is 13.6 Å². The number of hydrogen-bond acceptors (Lipinski definition) is 2. The number of hydrogen-bond donors (Lipinski definition) is 0. The second kappa shape index (κ2) is 5.93. The molecule has 1 amide bonds. The summed E-state index contributed by atoms with van der Waals surface area (Å²) in [6.45, 7) is -0.333. The number of nitrogens with zero attached hydrogens (tertiary/aromatic N) is 3. The van der Waals surface area contributed by atoms with E-state index in [1.54, 1.807) is 11.6 Å². The van der Waals surface area contributed by atoms with Gasteiger partial charge in [0.05, 0.1) is 12.9 Å². The minimum absolute atomic E-state index is 0.184. The summed E-state index contributed by atoms with van der Waals surface area (Å²) in [6.07, 6.45) is 0.434. The van der Waals surface area contributed by atoms with Crippen molar-refractivity contribution in [2.75, 3.05) is 18.4 Å². The van der Waals surface area contributed by atoms with Crippen molar-refractivity contribution in [1.82, 2.24) is 14.5 Å². The molecule has 0 spiro atoms. The Morgan fingerprint density at radius 3 is 2.81 bits per heavy atom. The molecule has 90 valence electrons. The van der Waals surface area contributed by atoms with Crippen LogP contribution in [0.3, 0.4) is 0 Å². The van der Waals surface area contributed by atoms with Gasteiger partial charge in [0.2, 0.25) is 0 Å². The number of carbonyl (C=O) groups is 1. The number of aryl methyl sites for hydroxylation is 1. The largest absolute Gasteiger partial charge is 0.340 e. The van der Waals surface area contributed by atoms with Gasteiger partial charge in [0.15, 0.2) is 0 Å². The average Bonchev–Trinajstić information content (AvgIpc) is 2.62. The van der Waals surface area contributed by atoms with Gasteiger partial charge in [0, 0.05) is 25.1 Å². The molecule has 0 aliphatic carbocycles. The predicted octanol–water partition coefficient (Wildman–Crippen LogP) is 1.52. The predicted molar refractivity (Wildman–Crippen MR) is 58.9 cm³/mol. The standard InChI is InChI=1S/C9H12BrF2N3O/c1-14-4-7(13-6-14)9(16)15(3-2-10)5-8(11)12/h4,6,8H,2-3,5H2,1H3. The van der Waals surface area contributed by atoms with Gasteiger partial charge in [-0.25, -0.2) is 13.8 Å². The fourth-order valence-electron chi connectivity index (χ4n) is 1.23. The molecule has 0 saturated heterocycles. The van der Waals surface area contributed by atoms with Crippen LogP contribution in [0.5, 0.6) is 0 Å². The zero-order chi connectivity index (χ0) is 12.1. The molecule has 0 unspecified atom stereocenters. The average molecular weight is 296 g/mol. The van der Waals surface area contributed by atoms with E-state index in [9.17, 15) is 13.6 Å². The van der Waals surface area contributed by atoms with Crippen LogP contribution in [0.25, 0.3) is 0 Å². The lowest BCUT2D eigenvalue weighted by Crippen LogP contribution is -2.36. The summed E-state index contributed by atoms with van der Waals surface area (Å²) in [4.78, 5) is 16.7. The highest BCUT2D eigenvalue weighted by atomic mass is 79.9. The van der Waals surface area contributed by atoms with Gasteiger partial charge in [-0.05, 0) is 0 Å². The van der Waals surface area contributed by atoms with Crippen molar-refractivity contribution in [3.05, 3.63) is 18.2 Å². The van der Waals surface area contributed by atoms with E-state index >= 15 is 0 Å². The first-order valence-corrected chi connectivity index (χ1v) is 5.78. The molecule has 0 aromatic carbocycles. The van der Waals surface area contributed by atoms with Gasteiger partial charge in [-0.15, -0.1) is 0 Å². The van der Waals surface area contributed by atoms with E-state index in [0.29, 0.717) is 5.33 Å². The highest BCUT2D eigenvalue weighted by Crippen LogP contribution is 2.06. The van der Waals surface area contributed by atoms with E-state index in [1.165, 1.54) is 12.5 Å². The van der Waals surface area contributed by atoms with Gasteiger partial charge in [-0.3, -0.25) is 4.79 Å². The topological polar surface area (TPSA) is 38.1 Å². The summed E-state index contributed by atoms with van der Waals surface area (Å²) < 4.78 is 26.1. The van der Waals surface area contributed by atoms with Crippen LogP contribution in [-0.4, -0.2) is 45.2 Å². The van der Waals surface area contributed by atoms with Crippen LogP contribution in [0.4, 0.5) is 8.78 Å². The maximum atomic E-state index is 12.3. The van der Waals surface area contributed by atoms with Crippen LogP contribution in [-0.2, 0) is 7.05 Å². The molecule has 1 rings (SSSR count). The van der Waals surface area contributed by atoms with E-state index in [2.05, 4.69) is 20.9 Å². The summed E-state index contributed by atoms with van der Waals surface area (Å²) in [6, 6.07) is 0. The Bertz CT molecular complexity index is 356. The molecular weight excluding hydrogens is 284 g/mol. The molecule has 0 radical (unpaired) electrons. The second-order valence-electron chi connectivity index (χ2n) is 3.26. The molecule has 16 heavy (non-hydrogen) atoms. The van der Waals surface area contributed by atoms with Crippen LogP contribution in [0.1, 0.15) is 10.5 Å². The highest BCUT2D eigenvalue weighted by Gasteiger charge is 2.20. The molecule has 0 bridgehead atoms. The molecule has 0 fully saturated rings. The monoisotopic (exact) mass is 295 g/mol. The van der Waals surface area contributed by atoms with E-state index in [4.69, 9.17) is 0 Å². The van der Waals surface area contributed by atoms with Crippen molar-refractivity contribution in [3.63, 3.8) is 0 Å². The zero-order valence-corrected chi connectivity index (χ0v) is 10.3. The molecule has 1 aromatic rings. The van der Waals surface area contributed by atoms with Crippen LogP contribution >= 0.6 is 15.9 Å². The Hall–Kier alpha value is -0.980. The maximum absolute atomic E-state index is 12.3. The molecule has 4 nitrogen and oxygen atoms in total. The Morgan fingerprint density at radius 1 is 1.69 bits per heavy atom. The fourth-order valence-corrected chi connectivity index (χ4v) is 1.66. The van der Waals surface area contributed by atoms with E-state index < -0.39 is 18.9 Å². The third kappa shape index (κ3) is 3.55. The lowest BCUT2D eigenvalue weighted by Gasteiger charge is -2.19. The van der Waals surface area contributed by atoms with Gasteiger partial charge in [-0.2, -0.15) is 0 Å². The number of imidazole rings is 1. The lowest BCUT2D eigenvalue weighted by atomic mass is 10.3. The number of aromatic nitrogens is 2. The molecule has 0 N–H and O–H groups in total. The van der Waals surface area contributed by atoms with Crippen LogP contribution in [0, 0.1) is 0 Å². The number of amides is 1. The molecule has 0 aliphatic rings. The Labute approximate surface area is 100 Å². The van der Waals surface area contributed by atoms with Crippen molar-refractivity contribution >= 4 is 21.8 Å². The van der Waals surface area contributed by atoms with Crippen molar-refractivity contribution in [3.8, 4) is 0 Å². The van der Waals surface area contributed by atoms with Gasteiger partial charge in [0.25, 0.3) is 12.3 Å². The third-order valence-electron chi connectivity index (χ3n) is 1.92. The van der Waals surface area contributed by atoms with Crippen LogP contribution in [0.2, 0.25) is 0 Å². The van der Waals surface area contributed by atoms with Gasteiger partial charge in [-0.1, -0.05) is 15.9 Å². The van der Waals surface area contributed by atoms with E-state index in [1.807, 2.05) is 0 Å². The molecule has 1 heterocycles. The first kappa shape index (κ1) is 13.1. The summed E-state index contributed by atoms with van der Waals surface area (Å²) in [5.74, 6) is -0.472. The first-order chi connectivity index (χ1) is 7.54. The number of rotatable bonds is 5. The number of alkyl halides is 3. The first-order valence-electron chi connectivity index (χ1n) is 4.66. The summed E-state index contributed by atoms with van der Waals surface area (Å²) in [5.41, 5.74) is 0.184. The second-order valence-corrected chi connectivity index (χ2v) is 4.05. The van der Waals surface area contributed by atoms with Crippen LogP contribution in [0.15, 0.2) is 12.5 Å². The van der Waals surface area contributed by atoms with Gasteiger partial charge < -0.3 is 9.47 Å². The van der Waals surface area contributed by atoms with Crippen LogP contribution < -0.4 is 0 Å². The van der Waals surface area contributed by atoms with E-state index in [0.717, 1.165) is 4.90 Å². The summed E-state index contributed by atoms with van der Waals surface area (Å²) in [5, 5.41) is 0.457. The number of halogens is 3. The zero-order valence-electron chi connectivity index (χ0n) is 8.74. The van der Waals surface area contributed by atoms with Crippen molar-refractivity contribution in [2.45, 2.75) is 6.43 Å². The van der Waals surface area contributed by atoms with Crippen molar-refractivity contribution in [2.24, 2.45) is 7.05 Å². The molecule has 1 aromatic heterocycles. The van der Waals surface area contributed by atoms with E-state index in [-0.39, 0.29) is 12.2 Å². The normalized spacial score (nSPS) is 10.8. The Kier molecular flexibility index (Phi) is 4.85. The molecule has 7 heteroatoms. The van der Waals surface area contributed by atoms with Crippen molar-refractivity contribution in [1.29, 1.82) is 0 Å². The maximum Gasteiger partial charge on any atom is 0.274 e. The molecule has 0 saturated carbocycles. The Balaban J connectivity index is 2.74. The smallest absolute Gasteiger partial charge is 0.274 e. The minimum atomic E-state index is -2.54. The Morgan fingerprint density at radius 2 is 2.38 bits per heavy atom. The molecule has 0 aliphatic heterocycles. The SMILES string of the molecule is Cn1cnc(C(=O)N(CCBr)CC(F)F)c1.